The van der Waals surface area contributed by atoms with Gasteiger partial charge in [0.1, 0.15) is 0 Å². The van der Waals surface area contributed by atoms with Crippen molar-refractivity contribution in [3.05, 3.63) is 124 Å². The van der Waals surface area contributed by atoms with Crippen LogP contribution in [0.5, 0.6) is 11.5 Å². The summed E-state index contributed by atoms with van der Waals surface area (Å²) in [4.78, 5) is 16.9. The number of pyridine rings is 1. The van der Waals surface area contributed by atoms with Gasteiger partial charge in [0.05, 0.1) is 31.5 Å². The van der Waals surface area contributed by atoms with Crippen LogP contribution in [0.4, 0.5) is 5.69 Å². The molecule has 1 aromatic heterocycles. The van der Waals surface area contributed by atoms with E-state index in [4.69, 9.17) is 38.4 Å². The van der Waals surface area contributed by atoms with Crippen molar-refractivity contribution >= 4 is 51.2 Å². The Morgan fingerprint density at radius 2 is 1.69 bits per heavy atom. The van der Waals surface area contributed by atoms with Crippen LogP contribution in [0.3, 0.4) is 0 Å². The van der Waals surface area contributed by atoms with Crippen molar-refractivity contribution < 1.29 is 9.47 Å². The Morgan fingerprint density at radius 1 is 0.952 bits per heavy atom. The first-order chi connectivity index (χ1) is 20.5. The first kappa shape index (κ1) is 27.5. The molecule has 0 saturated carbocycles. The number of fused-ring (bicyclic) bond motifs is 1. The van der Waals surface area contributed by atoms with E-state index < -0.39 is 0 Å². The monoisotopic (exact) mass is 594 g/mol. The van der Waals surface area contributed by atoms with E-state index in [1.807, 2.05) is 91.0 Å². The molecule has 4 aromatic carbocycles. The number of nitrogens with zero attached hydrogens (tertiary/aromatic N) is 2. The van der Waals surface area contributed by atoms with Gasteiger partial charge in [-0.2, -0.15) is 5.10 Å². The minimum absolute atomic E-state index is 0.248. The highest BCUT2D eigenvalue weighted by atomic mass is 35.5. The quantitative estimate of drug-likeness (QED) is 0.199. The summed E-state index contributed by atoms with van der Waals surface area (Å²) in [6, 6.07) is 30.2. The summed E-state index contributed by atoms with van der Waals surface area (Å²) in [6.07, 6.45) is 0.384. The molecular formula is C33H27ClN4O3S. The van der Waals surface area contributed by atoms with E-state index in [-0.39, 0.29) is 11.6 Å². The maximum atomic E-state index is 13.9. The van der Waals surface area contributed by atoms with Crippen molar-refractivity contribution in [1.29, 1.82) is 0 Å². The number of aromatic nitrogens is 1. The van der Waals surface area contributed by atoms with Crippen LogP contribution in [-0.4, -0.2) is 35.0 Å². The van der Waals surface area contributed by atoms with Gasteiger partial charge in [-0.05, 0) is 54.2 Å². The smallest absolute Gasteiger partial charge is 0.258 e. The van der Waals surface area contributed by atoms with E-state index in [9.17, 15) is 4.79 Å². The van der Waals surface area contributed by atoms with Gasteiger partial charge in [0.25, 0.3) is 5.56 Å². The van der Waals surface area contributed by atoms with Crippen LogP contribution in [0.1, 0.15) is 23.6 Å². The Bertz CT molecular complexity index is 1880. The topological polar surface area (TPSA) is 79.0 Å². The summed E-state index contributed by atoms with van der Waals surface area (Å²) >= 11 is 12.4. The average Bonchev–Trinajstić information content (AvgIpc) is 3.46. The van der Waals surface area contributed by atoms with Gasteiger partial charge in [-0.3, -0.25) is 4.79 Å². The molecule has 0 aliphatic carbocycles. The minimum atomic E-state index is -0.383. The maximum absolute atomic E-state index is 13.9. The number of hydrazone groups is 1. The number of benzene rings is 4. The molecule has 2 N–H and O–H groups in total. The molecule has 210 valence electrons. The average molecular weight is 595 g/mol. The molecule has 0 radical (unpaired) electrons. The number of rotatable bonds is 6. The lowest BCUT2D eigenvalue weighted by atomic mass is 9.91. The van der Waals surface area contributed by atoms with Gasteiger partial charge in [-0.1, -0.05) is 72.3 Å². The van der Waals surface area contributed by atoms with Crippen molar-refractivity contribution in [2.24, 2.45) is 5.10 Å². The summed E-state index contributed by atoms with van der Waals surface area (Å²) < 4.78 is 11.4. The summed E-state index contributed by atoms with van der Waals surface area (Å²) in [5, 5.41) is 11.8. The Balaban J connectivity index is 1.55. The zero-order chi connectivity index (χ0) is 29.2. The number of methoxy groups -OCH3 is 2. The summed E-state index contributed by atoms with van der Waals surface area (Å²) in [7, 11) is 3.21. The van der Waals surface area contributed by atoms with Gasteiger partial charge in [-0.15, -0.1) is 0 Å². The van der Waals surface area contributed by atoms with E-state index in [1.165, 1.54) is 0 Å². The molecule has 6 rings (SSSR count). The highest BCUT2D eigenvalue weighted by molar-refractivity contribution is 7.80. The fraction of sp³-hybridized carbons (Fsp3) is 0.121. The first-order valence-corrected chi connectivity index (χ1v) is 14.1. The molecule has 1 atom stereocenters. The van der Waals surface area contributed by atoms with Gasteiger partial charge in [0.2, 0.25) is 0 Å². The van der Waals surface area contributed by atoms with Gasteiger partial charge in [-0.25, -0.2) is 5.01 Å². The van der Waals surface area contributed by atoms with E-state index in [0.29, 0.717) is 44.8 Å². The van der Waals surface area contributed by atoms with Crippen molar-refractivity contribution in [3.8, 4) is 22.6 Å². The molecule has 5 aromatic rings. The molecule has 0 unspecified atom stereocenters. The summed E-state index contributed by atoms with van der Waals surface area (Å²) in [5.41, 5.74) is 4.79. The van der Waals surface area contributed by atoms with Crippen LogP contribution >= 0.6 is 23.8 Å². The van der Waals surface area contributed by atoms with E-state index >= 15 is 0 Å². The highest BCUT2D eigenvalue weighted by Crippen LogP contribution is 2.43. The Kier molecular flexibility index (Phi) is 7.65. The predicted octanol–water partition coefficient (Wildman–Crippen LogP) is 7.41. The highest BCUT2D eigenvalue weighted by Gasteiger charge is 2.36. The molecule has 2 heterocycles. The van der Waals surface area contributed by atoms with Crippen molar-refractivity contribution in [2.75, 3.05) is 19.5 Å². The molecule has 0 saturated heterocycles. The van der Waals surface area contributed by atoms with Crippen LogP contribution in [-0.2, 0) is 0 Å². The van der Waals surface area contributed by atoms with E-state index in [2.05, 4.69) is 10.3 Å². The molecule has 1 aliphatic rings. The normalized spacial score (nSPS) is 14.5. The standard InChI is InChI=1S/C33H27ClN4O3S/c1-40-28-15-9-14-23(31(28)41-2)27-19-26(37-38(27)33(42)35-22-12-7-4-8-13-22)30-29(20-10-5-3-6-11-20)24-18-21(34)16-17-25(24)36-32(30)39/h3-18,27H,19H2,1-2H3,(H,35,42)(H,36,39)/t27-/m1/s1. The van der Waals surface area contributed by atoms with Crippen LogP contribution in [0.15, 0.2) is 107 Å². The van der Waals surface area contributed by atoms with Gasteiger partial charge < -0.3 is 19.8 Å². The van der Waals surface area contributed by atoms with Crippen LogP contribution in [0.25, 0.3) is 22.0 Å². The molecule has 0 amide bonds. The number of H-pyrrole nitrogens is 1. The van der Waals surface area contributed by atoms with Gasteiger partial charge in [0, 0.05) is 39.2 Å². The minimum Gasteiger partial charge on any atom is -0.493 e. The molecular weight excluding hydrogens is 568 g/mol. The lowest BCUT2D eigenvalue weighted by Crippen LogP contribution is -2.31. The van der Waals surface area contributed by atoms with E-state index in [0.717, 1.165) is 27.8 Å². The number of aromatic amines is 1. The lowest BCUT2D eigenvalue weighted by molar-refractivity contribution is 0.327. The zero-order valence-corrected chi connectivity index (χ0v) is 24.5. The second kappa shape index (κ2) is 11.7. The van der Waals surface area contributed by atoms with E-state index in [1.54, 1.807) is 25.3 Å². The van der Waals surface area contributed by atoms with Crippen LogP contribution < -0.4 is 20.3 Å². The van der Waals surface area contributed by atoms with Crippen molar-refractivity contribution in [1.82, 2.24) is 9.99 Å². The summed E-state index contributed by atoms with van der Waals surface area (Å²) in [6.45, 7) is 0. The predicted molar refractivity (Wildman–Crippen MR) is 173 cm³/mol. The third-order valence-corrected chi connectivity index (χ3v) is 7.79. The van der Waals surface area contributed by atoms with Crippen molar-refractivity contribution in [3.63, 3.8) is 0 Å². The number of anilines is 1. The second-order valence-corrected chi connectivity index (χ2v) is 10.6. The molecule has 0 fully saturated rings. The molecule has 9 heteroatoms. The zero-order valence-electron chi connectivity index (χ0n) is 22.9. The summed E-state index contributed by atoms with van der Waals surface area (Å²) in [5.74, 6) is 1.17. The maximum Gasteiger partial charge on any atom is 0.258 e. The first-order valence-electron chi connectivity index (χ1n) is 13.3. The lowest BCUT2D eigenvalue weighted by Gasteiger charge is -2.26. The number of nitrogens with one attached hydrogen (secondary N) is 2. The van der Waals surface area contributed by atoms with Crippen molar-refractivity contribution in [2.45, 2.75) is 12.5 Å². The number of ether oxygens (including phenoxy) is 2. The number of thiocarbonyl (C=S) groups is 1. The number of hydrogen-bond acceptors (Lipinski definition) is 5. The van der Waals surface area contributed by atoms with Crippen LogP contribution in [0, 0.1) is 0 Å². The number of hydrogen-bond donors (Lipinski definition) is 2. The number of halogens is 1. The fourth-order valence-corrected chi connectivity index (χ4v) is 5.87. The third kappa shape index (κ3) is 5.11. The molecule has 0 spiro atoms. The Morgan fingerprint density at radius 3 is 2.40 bits per heavy atom. The number of para-hydroxylation sites is 2. The van der Waals surface area contributed by atoms with Gasteiger partial charge in [0.15, 0.2) is 16.6 Å². The third-order valence-electron chi connectivity index (χ3n) is 7.26. The molecule has 1 aliphatic heterocycles. The Labute approximate surface area is 253 Å². The SMILES string of the molecule is COc1cccc([C@H]2CC(c3c(-c4ccccc4)c4cc(Cl)ccc4[nH]c3=O)=NN2C(=S)Nc2ccccc2)c1OC. The second-order valence-electron chi connectivity index (χ2n) is 9.75. The molecule has 7 nitrogen and oxygen atoms in total. The van der Waals surface area contributed by atoms with Crippen LogP contribution in [0.2, 0.25) is 5.02 Å². The molecule has 42 heavy (non-hydrogen) atoms. The molecule has 0 bridgehead atoms. The van der Waals surface area contributed by atoms with Gasteiger partial charge >= 0.3 is 0 Å². The largest absolute Gasteiger partial charge is 0.493 e. The Hall–Kier alpha value is -4.66. The fourth-order valence-electron chi connectivity index (χ4n) is 5.41.